The Bertz CT molecular complexity index is 3540. The van der Waals surface area contributed by atoms with E-state index in [4.69, 9.17) is 4.42 Å². The van der Waals surface area contributed by atoms with Crippen molar-refractivity contribution in [3.05, 3.63) is 218 Å². The number of nitrogens with zero attached hydrogens (tertiary/aromatic N) is 2. The maximum Gasteiger partial charge on any atom is 0.137 e. The van der Waals surface area contributed by atoms with Crippen molar-refractivity contribution in [3.63, 3.8) is 0 Å². The highest BCUT2D eigenvalue weighted by Crippen LogP contribution is 2.48. The van der Waals surface area contributed by atoms with E-state index in [0.29, 0.717) is 0 Å². The first-order valence-electron chi connectivity index (χ1n) is 20.2. The minimum atomic E-state index is 0.855. The van der Waals surface area contributed by atoms with Gasteiger partial charge < -0.3 is 13.9 Å². The van der Waals surface area contributed by atoms with Gasteiger partial charge in [0.2, 0.25) is 0 Å². The van der Waals surface area contributed by atoms with E-state index in [1.807, 2.05) is 0 Å². The molecule has 3 nitrogen and oxygen atoms in total. The van der Waals surface area contributed by atoms with Gasteiger partial charge in [-0.25, -0.2) is 0 Å². The number of rotatable bonds is 6. The molecule has 276 valence electrons. The van der Waals surface area contributed by atoms with Gasteiger partial charge in [-0.15, -0.1) is 0 Å². The van der Waals surface area contributed by atoms with Gasteiger partial charge in [0.05, 0.1) is 22.4 Å². The smallest absolute Gasteiger partial charge is 0.137 e. The predicted molar refractivity (Wildman–Crippen MR) is 249 cm³/mol. The normalized spacial score (nSPS) is 11.7. The molecular formula is C56H36N2O. The van der Waals surface area contributed by atoms with Crippen LogP contribution in [0.25, 0.3) is 93.2 Å². The van der Waals surface area contributed by atoms with Crippen LogP contribution in [0.5, 0.6) is 0 Å². The van der Waals surface area contributed by atoms with Gasteiger partial charge in [0.25, 0.3) is 0 Å². The van der Waals surface area contributed by atoms with Gasteiger partial charge in [0, 0.05) is 49.9 Å². The lowest BCUT2D eigenvalue weighted by atomic mass is 9.97. The number of aromatic nitrogens is 1. The van der Waals surface area contributed by atoms with Crippen LogP contribution in [0.2, 0.25) is 0 Å². The van der Waals surface area contributed by atoms with Crippen LogP contribution in [-0.4, -0.2) is 4.57 Å². The van der Waals surface area contributed by atoms with Crippen LogP contribution in [0.4, 0.5) is 17.1 Å². The zero-order valence-electron chi connectivity index (χ0n) is 32.1. The SMILES string of the molecule is c1ccc(-c2ccc(-c3ccccc3N(c3ccc4c(c3)oc3ccc5ccccc5c34)c3cccc4c3c3ccc5ccccc5c3n4-c3ccccc3)cc2)cc1. The first-order valence-corrected chi connectivity index (χ1v) is 20.2. The van der Waals surface area contributed by atoms with E-state index in [1.54, 1.807) is 0 Å². The molecule has 0 amide bonds. The molecule has 0 atom stereocenters. The largest absolute Gasteiger partial charge is 0.456 e. The number of hydrogen-bond donors (Lipinski definition) is 0. The van der Waals surface area contributed by atoms with Crippen LogP contribution in [0.1, 0.15) is 0 Å². The van der Waals surface area contributed by atoms with Crippen molar-refractivity contribution in [2.45, 2.75) is 0 Å². The molecule has 0 N–H and O–H groups in total. The molecule has 0 unspecified atom stereocenters. The number of benzene rings is 10. The van der Waals surface area contributed by atoms with Crippen molar-refractivity contribution < 1.29 is 4.42 Å². The summed E-state index contributed by atoms with van der Waals surface area (Å²) in [5.41, 5.74) is 13.1. The Balaban J connectivity index is 1.15. The number of hydrogen-bond acceptors (Lipinski definition) is 2. The van der Waals surface area contributed by atoms with E-state index in [9.17, 15) is 0 Å². The minimum Gasteiger partial charge on any atom is -0.456 e. The van der Waals surface area contributed by atoms with Crippen LogP contribution >= 0.6 is 0 Å². The Kier molecular flexibility index (Phi) is 7.54. The molecule has 0 aliphatic heterocycles. The molecule has 12 aromatic rings. The van der Waals surface area contributed by atoms with Crippen molar-refractivity contribution >= 4 is 82.4 Å². The van der Waals surface area contributed by atoms with Gasteiger partial charge >= 0.3 is 0 Å². The number of fused-ring (bicyclic) bond motifs is 10. The van der Waals surface area contributed by atoms with Gasteiger partial charge in [-0.1, -0.05) is 164 Å². The summed E-state index contributed by atoms with van der Waals surface area (Å²) in [6, 6.07) is 78.7. The molecule has 0 fully saturated rings. The lowest BCUT2D eigenvalue weighted by Gasteiger charge is -2.29. The lowest BCUT2D eigenvalue weighted by Crippen LogP contribution is -2.11. The van der Waals surface area contributed by atoms with Crippen molar-refractivity contribution in [1.82, 2.24) is 4.57 Å². The molecule has 0 aliphatic carbocycles. The summed E-state index contributed by atoms with van der Waals surface area (Å²) in [7, 11) is 0. The molecule has 3 heteroatoms. The number of anilines is 3. The van der Waals surface area contributed by atoms with E-state index < -0.39 is 0 Å². The Labute approximate surface area is 341 Å². The van der Waals surface area contributed by atoms with E-state index in [-0.39, 0.29) is 0 Å². The summed E-state index contributed by atoms with van der Waals surface area (Å²) in [5, 5.41) is 9.47. The van der Waals surface area contributed by atoms with Gasteiger partial charge in [0.1, 0.15) is 11.2 Å². The topological polar surface area (TPSA) is 21.3 Å². The fraction of sp³-hybridized carbons (Fsp3) is 0. The van der Waals surface area contributed by atoms with Crippen LogP contribution in [0, 0.1) is 0 Å². The van der Waals surface area contributed by atoms with Crippen molar-refractivity contribution in [2.75, 3.05) is 4.90 Å². The zero-order valence-corrected chi connectivity index (χ0v) is 32.1. The van der Waals surface area contributed by atoms with Crippen LogP contribution in [0.15, 0.2) is 223 Å². The van der Waals surface area contributed by atoms with Gasteiger partial charge in [-0.2, -0.15) is 0 Å². The standard InChI is InChI=1S/C56H36N2O/c1-3-14-37(15-4-1)38-26-28-41(29-27-38)44-20-11-12-23-49(44)57(43-32-34-47-53(36-43)59-52-35-31-39-16-7-9-21-45(39)54(47)52)50-24-13-25-51-55(50)48-33-30-40-17-8-10-22-46(40)56(48)58(51)42-18-5-2-6-19-42/h1-36H. The van der Waals surface area contributed by atoms with Crippen LogP contribution in [-0.2, 0) is 0 Å². The Hall–Kier alpha value is -7.88. The monoisotopic (exact) mass is 752 g/mol. The zero-order chi connectivity index (χ0) is 38.9. The second kappa shape index (κ2) is 13.4. The lowest BCUT2D eigenvalue weighted by molar-refractivity contribution is 0.669. The Morgan fingerprint density at radius 1 is 0.373 bits per heavy atom. The number of para-hydroxylation sites is 2. The maximum atomic E-state index is 6.73. The summed E-state index contributed by atoms with van der Waals surface area (Å²) in [6.07, 6.45) is 0. The summed E-state index contributed by atoms with van der Waals surface area (Å²) in [6.45, 7) is 0. The summed E-state index contributed by atoms with van der Waals surface area (Å²) in [4.78, 5) is 2.44. The molecule has 59 heavy (non-hydrogen) atoms. The minimum absolute atomic E-state index is 0.855. The molecule has 10 aromatic carbocycles. The quantitative estimate of drug-likeness (QED) is 0.169. The molecule has 0 bridgehead atoms. The molecule has 2 heterocycles. The highest BCUT2D eigenvalue weighted by Gasteiger charge is 2.25. The third kappa shape index (κ3) is 5.29. The van der Waals surface area contributed by atoms with Gasteiger partial charge in [0.15, 0.2) is 0 Å². The molecule has 0 radical (unpaired) electrons. The highest BCUT2D eigenvalue weighted by atomic mass is 16.3. The first kappa shape index (κ1) is 33.3. The first-order chi connectivity index (χ1) is 29.3. The summed E-state index contributed by atoms with van der Waals surface area (Å²) < 4.78 is 9.17. The average Bonchev–Trinajstić information content (AvgIpc) is 3.86. The highest BCUT2D eigenvalue weighted by molar-refractivity contribution is 6.23. The molecule has 0 saturated carbocycles. The second-order valence-electron chi connectivity index (χ2n) is 15.3. The van der Waals surface area contributed by atoms with Crippen LogP contribution < -0.4 is 4.90 Å². The molecule has 12 rings (SSSR count). The Morgan fingerprint density at radius 2 is 1.00 bits per heavy atom. The Morgan fingerprint density at radius 3 is 1.83 bits per heavy atom. The van der Waals surface area contributed by atoms with E-state index >= 15 is 0 Å². The van der Waals surface area contributed by atoms with Crippen molar-refractivity contribution in [1.29, 1.82) is 0 Å². The molecule has 0 aliphatic rings. The average molecular weight is 753 g/mol. The molecular weight excluding hydrogens is 717 g/mol. The fourth-order valence-electron chi connectivity index (χ4n) is 9.31. The van der Waals surface area contributed by atoms with Crippen molar-refractivity contribution in [3.8, 4) is 27.9 Å². The number of furan rings is 1. The van der Waals surface area contributed by atoms with E-state index in [1.165, 1.54) is 49.0 Å². The summed E-state index contributed by atoms with van der Waals surface area (Å²) in [5.74, 6) is 0. The predicted octanol–water partition coefficient (Wildman–Crippen LogP) is 15.8. The molecule has 0 spiro atoms. The third-order valence-electron chi connectivity index (χ3n) is 12.0. The van der Waals surface area contributed by atoms with Gasteiger partial charge in [-0.3, -0.25) is 0 Å². The summed E-state index contributed by atoms with van der Waals surface area (Å²) >= 11 is 0. The van der Waals surface area contributed by atoms with Crippen molar-refractivity contribution in [2.24, 2.45) is 0 Å². The van der Waals surface area contributed by atoms with E-state index in [2.05, 4.69) is 228 Å². The van der Waals surface area contributed by atoms with Gasteiger partial charge in [-0.05, 0) is 81.4 Å². The molecule has 2 aromatic heterocycles. The fourth-order valence-corrected chi connectivity index (χ4v) is 9.31. The van der Waals surface area contributed by atoms with Crippen LogP contribution in [0.3, 0.4) is 0 Å². The maximum absolute atomic E-state index is 6.73. The molecule has 0 saturated heterocycles. The van der Waals surface area contributed by atoms with E-state index in [0.717, 1.165) is 61.3 Å². The third-order valence-corrected chi connectivity index (χ3v) is 12.0. The second-order valence-corrected chi connectivity index (χ2v) is 15.3.